The number of rotatable bonds is 4. The smallest absolute Gasteiger partial charge is 0.144 e. The predicted octanol–water partition coefficient (Wildman–Crippen LogP) is 6.47. The third-order valence-corrected chi connectivity index (χ3v) is 5.81. The van der Waals surface area contributed by atoms with Gasteiger partial charge in [0.1, 0.15) is 22.8 Å². The van der Waals surface area contributed by atoms with Crippen molar-refractivity contribution in [3.05, 3.63) is 90.2 Å². The number of fused-ring (bicyclic) bond motifs is 1. The van der Waals surface area contributed by atoms with Crippen molar-refractivity contribution in [2.75, 3.05) is 5.32 Å². The summed E-state index contributed by atoms with van der Waals surface area (Å²) in [6.07, 6.45) is 3.38. The van der Waals surface area contributed by atoms with Crippen LogP contribution in [0.5, 0.6) is 0 Å². The fourth-order valence-electron chi connectivity index (χ4n) is 3.38. The van der Waals surface area contributed by atoms with Crippen LogP contribution in [0.1, 0.15) is 5.56 Å². The maximum absolute atomic E-state index is 4.51. The molecule has 29 heavy (non-hydrogen) atoms. The zero-order valence-corrected chi connectivity index (χ0v) is 16.6. The van der Waals surface area contributed by atoms with Gasteiger partial charge in [-0.05, 0) is 35.2 Å². The monoisotopic (exact) mass is 394 g/mol. The number of aromatic nitrogens is 3. The average Bonchev–Trinajstić information content (AvgIpc) is 3.21. The molecule has 3 heterocycles. The molecule has 0 radical (unpaired) electrons. The summed E-state index contributed by atoms with van der Waals surface area (Å²) in [5.41, 5.74) is 5.76. The van der Waals surface area contributed by atoms with E-state index in [1.165, 1.54) is 11.1 Å². The molecule has 0 fully saturated rings. The van der Waals surface area contributed by atoms with Crippen molar-refractivity contribution in [2.45, 2.75) is 6.92 Å². The number of aryl methyl sites for hydroxylation is 1. The van der Waals surface area contributed by atoms with Gasteiger partial charge < -0.3 is 5.32 Å². The van der Waals surface area contributed by atoms with Gasteiger partial charge in [-0.15, -0.1) is 11.3 Å². The molecule has 0 atom stereocenters. The predicted molar refractivity (Wildman–Crippen MR) is 121 cm³/mol. The van der Waals surface area contributed by atoms with Crippen LogP contribution in [0.4, 0.5) is 11.6 Å². The number of hydrogen-bond acceptors (Lipinski definition) is 5. The molecule has 5 rings (SSSR count). The number of pyridine rings is 1. The van der Waals surface area contributed by atoms with E-state index >= 15 is 0 Å². The topological polar surface area (TPSA) is 50.7 Å². The van der Waals surface area contributed by atoms with E-state index in [1.54, 1.807) is 23.9 Å². The molecule has 0 saturated heterocycles. The summed E-state index contributed by atoms with van der Waals surface area (Å²) >= 11 is 1.63. The maximum Gasteiger partial charge on any atom is 0.144 e. The fraction of sp³-hybridized carbons (Fsp3) is 0.0417. The Balaban J connectivity index is 1.57. The molecule has 0 saturated carbocycles. The summed E-state index contributed by atoms with van der Waals surface area (Å²) in [5, 5.41) is 6.56. The minimum Gasteiger partial charge on any atom is -0.324 e. The summed E-state index contributed by atoms with van der Waals surface area (Å²) < 4.78 is 0. The van der Waals surface area contributed by atoms with E-state index in [-0.39, 0.29) is 0 Å². The van der Waals surface area contributed by atoms with Crippen molar-refractivity contribution < 1.29 is 0 Å². The van der Waals surface area contributed by atoms with E-state index in [0.717, 1.165) is 38.5 Å². The largest absolute Gasteiger partial charge is 0.324 e. The first-order valence-electron chi connectivity index (χ1n) is 9.36. The molecule has 0 spiro atoms. The van der Waals surface area contributed by atoms with Crippen molar-refractivity contribution in [1.29, 1.82) is 0 Å². The van der Waals surface area contributed by atoms with Gasteiger partial charge >= 0.3 is 0 Å². The summed E-state index contributed by atoms with van der Waals surface area (Å²) in [6.45, 7) is 2.03. The van der Waals surface area contributed by atoms with Crippen LogP contribution in [0.3, 0.4) is 0 Å². The minimum absolute atomic E-state index is 0.778. The summed E-state index contributed by atoms with van der Waals surface area (Å²) in [7, 11) is 0. The first kappa shape index (κ1) is 17.5. The number of benzene rings is 2. The van der Waals surface area contributed by atoms with Crippen molar-refractivity contribution in [3.63, 3.8) is 0 Å². The van der Waals surface area contributed by atoms with Crippen LogP contribution in [-0.2, 0) is 0 Å². The molecule has 0 unspecified atom stereocenters. The van der Waals surface area contributed by atoms with E-state index in [0.29, 0.717) is 0 Å². The Morgan fingerprint density at radius 2 is 1.48 bits per heavy atom. The fourth-order valence-corrected chi connectivity index (χ4v) is 4.30. The Labute approximate surface area is 172 Å². The number of anilines is 2. The molecule has 1 N–H and O–H groups in total. The third kappa shape index (κ3) is 3.37. The Morgan fingerprint density at radius 3 is 2.28 bits per heavy atom. The first-order chi connectivity index (χ1) is 14.3. The highest BCUT2D eigenvalue weighted by Gasteiger charge is 2.14. The number of nitrogens with zero attached hydrogens (tertiary/aromatic N) is 3. The van der Waals surface area contributed by atoms with Gasteiger partial charge in [0.05, 0.1) is 5.39 Å². The Morgan fingerprint density at radius 1 is 0.724 bits per heavy atom. The van der Waals surface area contributed by atoms with Crippen LogP contribution in [0.25, 0.3) is 32.5 Å². The van der Waals surface area contributed by atoms with Crippen molar-refractivity contribution in [2.24, 2.45) is 0 Å². The number of nitrogens with one attached hydrogen (secondary N) is 1. The SMILES string of the molecule is Cc1cccnc1Nc1ncnc2scc(-c3ccc(-c4ccccc4)cc3)c12. The molecule has 5 heteroatoms. The lowest BCUT2D eigenvalue weighted by molar-refractivity contribution is 1.20. The van der Waals surface area contributed by atoms with E-state index < -0.39 is 0 Å². The van der Waals surface area contributed by atoms with Crippen LogP contribution >= 0.6 is 11.3 Å². The van der Waals surface area contributed by atoms with E-state index in [1.807, 2.05) is 25.1 Å². The van der Waals surface area contributed by atoms with Gasteiger partial charge in [-0.25, -0.2) is 15.0 Å². The molecule has 0 bridgehead atoms. The zero-order chi connectivity index (χ0) is 19.6. The van der Waals surface area contributed by atoms with Crippen LogP contribution < -0.4 is 5.32 Å². The van der Waals surface area contributed by atoms with Crippen LogP contribution in [0.15, 0.2) is 84.6 Å². The molecule has 0 aliphatic heterocycles. The Kier molecular flexibility index (Phi) is 4.50. The van der Waals surface area contributed by atoms with Gasteiger partial charge in [0, 0.05) is 17.1 Å². The number of thiophene rings is 1. The second kappa shape index (κ2) is 7.45. The molecule has 0 amide bonds. The molecule has 4 nitrogen and oxygen atoms in total. The molecule has 2 aromatic carbocycles. The summed E-state index contributed by atoms with van der Waals surface area (Å²) in [5.74, 6) is 1.59. The molecular formula is C24H18N4S. The van der Waals surface area contributed by atoms with Crippen LogP contribution in [0, 0.1) is 6.92 Å². The van der Waals surface area contributed by atoms with Crippen molar-refractivity contribution in [1.82, 2.24) is 15.0 Å². The van der Waals surface area contributed by atoms with E-state index in [4.69, 9.17) is 0 Å². The van der Waals surface area contributed by atoms with Gasteiger partial charge in [-0.1, -0.05) is 60.7 Å². The summed E-state index contributed by atoms with van der Waals surface area (Å²) in [4.78, 5) is 14.4. The third-order valence-electron chi connectivity index (χ3n) is 4.92. The zero-order valence-electron chi connectivity index (χ0n) is 15.8. The summed E-state index contributed by atoms with van der Waals surface area (Å²) in [6, 6.07) is 23.0. The molecule has 0 aliphatic carbocycles. The molecular weight excluding hydrogens is 376 g/mol. The van der Waals surface area contributed by atoms with E-state index in [9.17, 15) is 0 Å². The molecule has 5 aromatic rings. The highest BCUT2D eigenvalue weighted by Crippen LogP contribution is 2.38. The second-order valence-electron chi connectivity index (χ2n) is 6.79. The van der Waals surface area contributed by atoms with Gasteiger partial charge in [-0.2, -0.15) is 0 Å². The lowest BCUT2D eigenvalue weighted by Crippen LogP contribution is -1.99. The van der Waals surface area contributed by atoms with Crippen molar-refractivity contribution in [3.8, 4) is 22.3 Å². The van der Waals surface area contributed by atoms with Gasteiger partial charge in [0.2, 0.25) is 0 Å². The highest BCUT2D eigenvalue weighted by atomic mass is 32.1. The standard InChI is InChI=1S/C24H18N4S/c1-16-6-5-13-25-22(16)28-23-21-20(14-29-24(21)27-15-26-23)19-11-9-18(10-12-19)17-7-3-2-4-8-17/h2-15H,1H3,(H,25,26,27,28). The van der Waals surface area contributed by atoms with Gasteiger partial charge in [-0.3, -0.25) is 0 Å². The van der Waals surface area contributed by atoms with Crippen molar-refractivity contribution >= 4 is 33.2 Å². The number of hydrogen-bond donors (Lipinski definition) is 1. The van der Waals surface area contributed by atoms with Gasteiger partial charge in [0.25, 0.3) is 0 Å². The first-order valence-corrected chi connectivity index (χ1v) is 10.2. The lowest BCUT2D eigenvalue weighted by Gasteiger charge is -2.10. The highest BCUT2D eigenvalue weighted by molar-refractivity contribution is 7.17. The van der Waals surface area contributed by atoms with Crippen LogP contribution in [-0.4, -0.2) is 15.0 Å². The Bertz CT molecular complexity index is 1280. The quantitative estimate of drug-likeness (QED) is 0.379. The maximum atomic E-state index is 4.51. The Hall–Kier alpha value is -3.57. The normalized spacial score (nSPS) is 10.9. The van der Waals surface area contributed by atoms with E-state index in [2.05, 4.69) is 74.2 Å². The van der Waals surface area contributed by atoms with Crippen LogP contribution in [0.2, 0.25) is 0 Å². The lowest BCUT2D eigenvalue weighted by atomic mass is 10.0. The molecule has 3 aromatic heterocycles. The minimum atomic E-state index is 0.778. The van der Waals surface area contributed by atoms with Gasteiger partial charge in [0.15, 0.2) is 0 Å². The average molecular weight is 395 g/mol. The second-order valence-corrected chi connectivity index (χ2v) is 7.65. The molecule has 0 aliphatic rings. The molecule has 140 valence electrons.